The normalized spacial score (nSPS) is 14.7. The van der Waals surface area contributed by atoms with Crippen molar-refractivity contribution in [3.63, 3.8) is 0 Å². The Labute approximate surface area is 266 Å². The van der Waals surface area contributed by atoms with Crippen LogP contribution >= 0.6 is 0 Å². The van der Waals surface area contributed by atoms with Crippen molar-refractivity contribution in [2.24, 2.45) is 0 Å². The minimum Gasteiger partial charge on any atom is -0.490 e. The molecule has 0 aromatic heterocycles. The molecule has 2 unspecified atom stereocenters. The Balaban J connectivity index is 2.18. The fourth-order valence-electron chi connectivity index (χ4n) is 4.69. The summed E-state index contributed by atoms with van der Waals surface area (Å²) in [5, 5.41) is 0. The van der Waals surface area contributed by atoms with E-state index in [-0.39, 0.29) is 27.3 Å². The first-order valence-corrected chi connectivity index (χ1v) is 14.3. The Morgan fingerprint density at radius 3 is 1.43 bits per heavy atom. The fourth-order valence-corrected chi connectivity index (χ4v) is 4.69. The topological polar surface area (TPSA) is 46.2 Å². The van der Waals surface area contributed by atoms with Crippen LogP contribution in [0.1, 0.15) is 49.9 Å². The lowest BCUT2D eigenvalue weighted by molar-refractivity contribution is -0.990. The van der Waals surface area contributed by atoms with Crippen molar-refractivity contribution in [3.8, 4) is 17.2 Å². The highest BCUT2D eigenvalue weighted by molar-refractivity contribution is 6.39. The predicted molar refractivity (Wildman–Crippen MR) is 154 cm³/mol. The van der Waals surface area contributed by atoms with E-state index in [0.29, 0.717) is 13.1 Å². The predicted octanol–water partition coefficient (Wildman–Crippen LogP) is 8.93. The van der Waals surface area contributed by atoms with Crippen molar-refractivity contribution in [3.05, 3.63) is 89.0 Å². The highest BCUT2D eigenvalue weighted by Gasteiger charge is 2.50. The van der Waals surface area contributed by atoms with Crippen LogP contribution in [0.3, 0.4) is 0 Å². The van der Waals surface area contributed by atoms with Crippen LogP contribution < -0.4 is 14.0 Å². The molecule has 16 heteroatoms. The molecule has 3 aromatic carbocycles. The summed E-state index contributed by atoms with van der Waals surface area (Å²) in [6.45, 7) is 7.45. The van der Waals surface area contributed by atoms with E-state index < -0.39 is 54.6 Å². The summed E-state index contributed by atoms with van der Waals surface area (Å²) in [5.41, 5.74) is -4.72. The largest absolute Gasteiger partial charge is 0.864 e. The lowest BCUT2D eigenvalue weighted by Gasteiger charge is -2.49. The van der Waals surface area contributed by atoms with Crippen LogP contribution in [-0.4, -0.2) is 45.3 Å². The molecule has 0 fully saturated rings. The average Bonchev–Trinajstić information content (AvgIpc) is 2.99. The van der Waals surface area contributed by atoms with Gasteiger partial charge in [-0.1, -0.05) is 0 Å². The molecular weight excluding hydrogens is 648 g/mol. The van der Waals surface area contributed by atoms with Crippen LogP contribution in [0.15, 0.2) is 66.7 Å². The number of rotatable bonds is 13. The van der Waals surface area contributed by atoms with Crippen molar-refractivity contribution in [1.82, 2.24) is 0 Å². The number of methoxy groups -OCH3 is 1. The number of halogens is 9. The van der Waals surface area contributed by atoms with Crippen LogP contribution in [0, 0.1) is 0 Å². The Kier molecular flexibility index (Phi) is 11.5. The highest BCUT2D eigenvalue weighted by atomic mass is 19.4. The molecule has 0 radical (unpaired) electrons. The molecule has 2 atom stereocenters. The van der Waals surface area contributed by atoms with Gasteiger partial charge in [-0.05, 0) is 87.5 Å². The van der Waals surface area contributed by atoms with Gasteiger partial charge in [-0.3, -0.25) is 9.22 Å². The van der Waals surface area contributed by atoms with Crippen molar-refractivity contribution in [1.29, 1.82) is 0 Å². The Bertz CT molecular complexity index is 1400. The van der Waals surface area contributed by atoms with E-state index in [0.717, 1.165) is 66.7 Å². The van der Waals surface area contributed by atoms with Crippen molar-refractivity contribution < 1.29 is 67.4 Å². The highest BCUT2D eigenvalue weighted by Crippen LogP contribution is 2.44. The first-order chi connectivity index (χ1) is 21.7. The van der Waals surface area contributed by atoms with Crippen molar-refractivity contribution in [2.75, 3.05) is 27.2 Å². The maximum absolute atomic E-state index is 14.0. The van der Waals surface area contributed by atoms with Gasteiger partial charge in [-0.2, -0.15) is 39.5 Å². The lowest BCUT2D eigenvalue weighted by Crippen LogP contribution is -2.60. The third-order valence-electron chi connectivity index (χ3n) is 8.01. The van der Waals surface area contributed by atoms with Gasteiger partial charge in [0.1, 0.15) is 17.2 Å². The first kappa shape index (κ1) is 37.8. The van der Waals surface area contributed by atoms with Gasteiger partial charge in [0.2, 0.25) is 5.72 Å². The van der Waals surface area contributed by atoms with Gasteiger partial charge in [0.25, 0.3) is 0 Å². The molecule has 3 aromatic rings. The summed E-state index contributed by atoms with van der Waals surface area (Å²) >= 11 is 0. The number of alkyl halides is 9. The maximum Gasteiger partial charge on any atom is 0.864 e. The number of hydrogen-bond acceptors (Lipinski definition) is 5. The summed E-state index contributed by atoms with van der Waals surface area (Å²) in [7, 11) is 1.18. The number of hydrogen-bond donors (Lipinski definition) is 0. The third-order valence-corrected chi connectivity index (χ3v) is 8.01. The lowest BCUT2D eigenvalue weighted by atomic mass is 9.95. The Hall–Kier alpha value is -3.63. The number of nitrogens with zero attached hydrogens (tertiary/aromatic N) is 1. The van der Waals surface area contributed by atoms with E-state index in [1.807, 2.05) is 0 Å². The third kappa shape index (κ3) is 9.05. The molecule has 0 saturated carbocycles. The zero-order valence-corrected chi connectivity index (χ0v) is 26.3. The van der Waals surface area contributed by atoms with Gasteiger partial charge < -0.3 is 18.7 Å². The van der Waals surface area contributed by atoms with E-state index in [2.05, 4.69) is 0 Å². The Morgan fingerprint density at radius 2 is 1.06 bits per heavy atom. The van der Waals surface area contributed by atoms with Crippen LogP contribution in [0.2, 0.25) is 0 Å². The van der Waals surface area contributed by atoms with Crippen LogP contribution in [-0.2, 0) is 33.7 Å². The van der Waals surface area contributed by atoms with Gasteiger partial charge in [0.15, 0.2) is 6.29 Å². The zero-order chi connectivity index (χ0) is 35.4. The van der Waals surface area contributed by atoms with Gasteiger partial charge in [0.05, 0.1) is 42.4 Å². The van der Waals surface area contributed by atoms with Gasteiger partial charge in [-0.25, -0.2) is 0 Å². The van der Waals surface area contributed by atoms with E-state index in [9.17, 15) is 39.5 Å². The number of benzene rings is 3. The van der Waals surface area contributed by atoms with E-state index in [1.54, 1.807) is 34.7 Å². The molecule has 0 bridgehead atoms. The standard InChI is InChI=1S/C31H34BF9NO5/c1-7-42(5,8-2)28(4,44-20(3)43-6)26-19-23(31(39,40)41)13-18-27(26)47-32(45-24-14-9-21(10-15-24)29(33,34)35)46-25-16-11-22(12-17-25)30(36,37)38/h9-20H,7-8H2,1-6H3/q+1. The summed E-state index contributed by atoms with van der Waals surface area (Å²) in [6.07, 6.45) is -15.0. The summed E-state index contributed by atoms with van der Waals surface area (Å²) in [4.78, 5) is 0. The summed E-state index contributed by atoms with van der Waals surface area (Å²) in [5.74, 6) is -0.657. The Morgan fingerprint density at radius 1 is 0.660 bits per heavy atom. The van der Waals surface area contributed by atoms with Crippen LogP contribution in [0.4, 0.5) is 39.5 Å². The average molecular weight is 682 g/mol. The van der Waals surface area contributed by atoms with Gasteiger partial charge >= 0.3 is 25.9 Å². The second-order valence-corrected chi connectivity index (χ2v) is 10.8. The molecule has 0 amide bonds. The molecule has 6 nitrogen and oxygen atoms in total. The molecule has 47 heavy (non-hydrogen) atoms. The monoisotopic (exact) mass is 682 g/mol. The van der Waals surface area contributed by atoms with E-state index in [1.165, 1.54) is 7.11 Å². The SMILES string of the molecule is CC[N+](C)(CC)C(C)(OC(C)OC)c1cc(C(F)(F)F)ccc1OB(Oc1ccc(C(F)(F)F)cc1)Oc1ccc(C(F)(F)F)cc1. The van der Waals surface area contributed by atoms with E-state index in [4.69, 9.17) is 23.4 Å². The van der Waals surface area contributed by atoms with Gasteiger partial charge in [-0.15, -0.1) is 0 Å². The molecule has 0 aliphatic carbocycles. The minimum absolute atomic E-state index is 0.0164. The van der Waals surface area contributed by atoms with Gasteiger partial charge in [0, 0.05) is 14.0 Å². The second kappa shape index (κ2) is 14.2. The van der Waals surface area contributed by atoms with Crippen molar-refractivity contribution >= 4 is 7.32 Å². The molecule has 0 saturated heterocycles. The smallest absolute Gasteiger partial charge is 0.490 e. The molecule has 0 aliphatic heterocycles. The number of quaternary nitrogens is 1. The summed E-state index contributed by atoms with van der Waals surface area (Å²) < 4.78 is 150. The van der Waals surface area contributed by atoms with E-state index >= 15 is 0 Å². The molecule has 0 aliphatic rings. The fraction of sp³-hybridized carbons (Fsp3) is 0.419. The zero-order valence-electron chi connectivity index (χ0n) is 26.3. The van der Waals surface area contributed by atoms with Crippen molar-refractivity contribution in [2.45, 2.75) is 58.2 Å². The first-order valence-electron chi connectivity index (χ1n) is 14.3. The van der Waals surface area contributed by atoms with Crippen LogP contribution in [0.5, 0.6) is 17.2 Å². The molecule has 0 N–H and O–H groups in total. The quantitative estimate of drug-likeness (QED) is 0.0780. The molecule has 3 rings (SSSR count). The number of ether oxygens (including phenoxy) is 2. The van der Waals surface area contributed by atoms with Crippen LogP contribution in [0.25, 0.3) is 0 Å². The minimum atomic E-state index is -4.78. The second-order valence-electron chi connectivity index (χ2n) is 10.8. The molecule has 0 heterocycles. The molecule has 258 valence electrons. The molecule has 0 spiro atoms. The maximum atomic E-state index is 14.0. The molecular formula is C31H34BF9NO5+. The summed E-state index contributed by atoms with van der Waals surface area (Å²) in [6, 6.07) is 9.29.